The number of nitrogens with two attached hydrogens (primary N) is 1. The normalized spacial score (nSPS) is 10.1. The van der Waals surface area contributed by atoms with E-state index in [2.05, 4.69) is 10.1 Å². The van der Waals surface area contributed by atoms with Crippen molar-refractivity contribution in [1.29, 1.82) is 0 Å². The molecule has 0 aromatic heterocycles. The molecule has 7 heteroatoms. The number of likely N-dealkylation sites (N-methyl/N-ethyl adjacent to an activating group) is 1. The average molecular weight is 297 g/mol. The number of rotatable bonds is 6. The zero-order chi connectivity index (χ0) is 16.0. The van der Waals surface area contributed by atoms with Crippen LogP contribution < -0.4 is 16.0 Å². The maximum Gasteiger partial charge on any atom is 0.340 e. The minimum Gasteiger partial charge on any atom is -0.465 e. The summed E-state index contributed by atoms with van der Waals surface area (Å²) in [6.45, 7) is 2.47. The van der Waals surface area contributed by atoms with Crippen LogP contribution in [0.1, 0.15) is 23.7 Å². The lowest BCUT2D eigenvalue weighted by Crippen LogP contribution is -2.36. The Morgan fingerprint density at radius 3 is 2.67 bits per heavy atom. The molecule has 0 spiro atoms. The molecule has 0 saturated carbocycles. The molecule has 6 nitrogen and oxygen atoms in total. The average Bonchev–Trinajstić information content (AvgIpc) is 2.44. The maximum atomic E-state index is 13.9. The molecule has 0 atom stereocenters. The van der Waals surface area contributed by atoms with Gasteiger partial charge in [-0.05, 0) is 18.6 Å². The lowest BCUT2D eigenvalue weighted by Gasteiger charge is -2.20. The van der Waals surface area contributed by atoms with Gasteiger partial charge in [-0.1, -0.05) is 6.92 Å². The van der Waals surface area contributed by atoms with E-state index < -0.39 is 11.8 Å². The van der Waals surface area contributed by atoms with Gasteiger partial charge < -0.3 is 20.7 Å². The number of nitrogen functional groups attached to an aromatic ring is 1. The van der Waals surface area contributed by atoms with E-state index in [1.807, 2.05) is 6.92 Å². The van der Waals surface area contributed by atoms with Gasteiger partial charge in [0.05, 0.1) is 24.9 Å². The predicted octanol–water partition coefficient (Wildman–Crippen LogP) is 1.16. The van der Waals surface area contributed by atoms with Gasteiger partial charge in [0.15, 0.2) is 0 Å². The van der Waals surface area contributed by atoms with Crippen LogP contribution in [0.5, 0.6) is 0 Å². The molecular formula is C14H20FN3O3. The van der Waals surface area contributed by atoms with Crippen LogP contribution >= 0.6 is 0 Å². The molecule has 3 N–H and O–H groups in total. The first kappa shape index (κ1) is 16.7. The summed E-state index contributed by atoms with van der Waals surface area (Å²) in [6.07, 6.45) is 0.818. The van der Waals surface area contributed by atoms with Gasteiger partial charge in [-0.2, -0.15) is 0 Å². The van der Waals surface area contributed by atoms with E-state index in [-0.39, 0.29) is 29.4 Å². The van der Waals surface area contributed by atoms with E-state index in [0.717, 1.165) is 12.5 Å². The number of methoxy groups -OCH3 is 1. The molecule has 0 fully saturated rings. The number of hydrogen-bond acceptors (Lipinski definition) is 5. The number of carbonyl (C=O) groups excluding carboxylic acids is 2. The Morgan fingerprint density at radius 1 is 1.43 bits per heavy atom. The molecule has 0 saturated heterocycles. The lowest BCUT2D eigenvalue weighted by atomic mass is 10.1. The quantitative estimate of drug-likeness (QED) is 0.608. The van der Waals surface area contributed by atoms with Crippen LogP contribution in [0.4, 0.5) is 15.8 Å². The van der Waals surface area contributed by atoms with E-state index in [9.17, 15) is 14.0 Å². The van der Waals surface area contributed by atoms with Crippen molar-refractivity contribution in [2.45, 2.75) is 13.3 Å². The number of anilines is 2. The van der Waals surface area contributed by atoms with E-state index in [1.165, 1.54) is 18.1 Å². The summed E-state index contributed by atoms with van der Waals surface area (Å²) in [4.78, 5) is 24.6. The Balaban J connectivity index is 2.96. The van der Waals surface area contributed by atoms with Crippen molar-refractivity contribution < 1.29 is 18.7 Å². The summed E-state index contributed by atoms with van der Waals surface area (Å²) in [5.41, 5.74) is 5.76. The number of halogens is 1. The monoisotopic (exact) mass is 297 g/mol. The zero-order valence-electron chi connectivity index (χ0n) is 12.4. The molecule has 21 heavy (non-hydrogen) atoms. The molecule has 0 aliphatic carbocycles. The Hall–Kier alpha value is -2.31. The summed E-state index contributed by atoms with van der Waals surface area (Å²) < 4.78 is 18.5. The van der Waals surface area contributed by atoms with Crippen LogP contribution in [-0.4, -0.2) is 39.1 Å². The first-order valence-corrected chi connectivity index (χ1v) is 6.55. The van der Waals surface area contributed by atoms with Gasteiger partial charge in [-0.3, -0.25) is 4.79 Å². The summed E-state index contributed by atoms with van der Waals surface area (Å²) >= 11 is 0. The first-order valence-electron chi connectivity index (χ1n) is 6.55. The van der Waals surface area contributed by atoms with Crippen LogP contribution in [0.15, 0.2) is 12.1 Å². The summed E-state index contributed by atoms with van der Waals surface area (Å²) in [5.74, 6) is -1.49. The smallest absolute Gasteiger partial charge is 0.340 e. The highest BCUT2D eigenvalue weighted by molar-refractivity contribution is 5.96. The van der Waals surface area contributed by atoms with E-state index >= 15 is 0 Å². The third-order valence-electron chi connectivity index (χ3n) is 2.89. The Bertz CT molecular complexity index is 534. The number of ether oxygens (including phenoxy) is 1. The van der Waals surface area contributed by atoms with Crippen LogP contribution in [0.25, 0.3) is 0 Å². The van der Waals surface area contributed by atoms with Crippen molar-refractivity contribution >= 4 is 23.3 Å². The van der Waals surface area contributed by atoms with E-state index in [1.54, 1.807) is 7.05 Å². The molecule has 1 amide bonds. The number of nitrogens with zero attached hydrogens (tertiary/aromatic N) is 1. The number of amides is 1. The molecular weight excluding hydrogens is 277 g/mol. The molecule has 1 aromatic rings. The van der Waals surface area contributed by atoms with Crippen LogP contribution in [0, 0.1) is 5.82 Å². The van der Waals surface area contributed by atoms with Crippen molar-refractivity contribution in [3.63, 3.8) is 0 Å². The zero-order valence-corrected chi connectivity index (χ0v) is 12.4. The minimum atomic E-state index is -0.655. The van der Waals surface area contributed by atoms with Gasteiger partial charge in [-0.25, -0.2) is 9.18 Å². The van der Waals surface area contributed by atoms with Crippen molar-refractivity contribution in [3.8, 4) is 0 Å². The molecule has 0 aliphatic heterocycles. The lowest BCUT2D eigenvalue weighted by molar-refractivity contribution is -0.119. The fourth-order valence-electron chi connectivity index (χ4n) is 1.78. The van der Waals surface area contributed by atoms with Gasteiger partial charge in [0.25, 0.3) is 0 Å². The van der Waals surface area contributed by atoms with Gasteiger partial charge in [0.2, 0.25) is 5.91 Å². The topological polar surface area (TPSA) is 84.7 Å². The molecule has 0 radical (unpaired) electrons. The van der Waals surface area contributed by atoms with Gasteiger partial charge in [0, 0.05) is 19.3 Å². The fraction of sp³-hybridized carbons (Fsp3) is 0.429. The largest absolute Gasteiger partial charge is 0.465 e. The highest BCUT2D eigenvalue weighted by Crippen LogP contribution is 2.25. The third kappa shape index (κ3) is 4.34. The van der Waals surface area contributed by atoms with Crippen LogP contribution in [-0.2, 0) is 9.53 Å². The second-order valence-corrected chi connectivity index (χ2v) is 4.59. The summed E-state index contributed by atoms with van der Waals surface area (Å²) in [5, 5.41) is 2.69. The SMILES string of the molecule is CCCNC(=O)CN(C)c1cc(C(=O)OC)c(N)cc1F. The molecule has 0 heterocycles. The summed E-state index contributed by atoms with van der Waals surface area (Å²) in [7, 11) is 2.77. The summed E-state index contributed by atoms with van der Waals surface area (Å²) in [6, 6.07) is 2.33. The second kappa shape index (κ2) is 7.47. The molecule has 0 unspecified atom stereocenters. The maximum absolute atomic E-state index is 13.9. The van der Waals surface area contributed by atoms with E-state index in [0.29, 0.717) is 6.54 Å². The Labute approximate surface area is 123 Å². The highest BCUT2D eigenvalue weighted by atomic mass is 19.1. The first-order chi connectivity index (χ1) is 9.90. The highest BCUT2D eigenvalue weighted by Gasteiger charge is 2.18. The number of esters is 1. The van der Waals surface area contributed by atoms with E-state index in [4.69, 9.17) is 5.73 Å². The Morgan fingerprint density at radius 2 is 2.10 bits per heavy atom. The number of nitrogens with one attached hydrogen (secondary N) is 1. The van der Waals surface area contributed by atoms with Gasteiger partial charge in [0.1, 0.15) is 5.82 Å². The van der Waals surface area contributed by atoms with Crippen LogP contribution in [0.3, 0.4) is 0 Å². The predicted molar refractivity (Wildman–Crippen MR) is 78.7 cm³/mol. The number of benzene rings is 1. The third-order valence-corrected chi connectivity index (χ3v) is 2.89. The molecule has 116 valence electrons. The Kier molecular flexibility index (Phi) is 5.95. The molecule has 1 aromatic carbocycles. The van der Waals surface area contributed by atoms with Gasteiger partial charge in [-0.15, -0.1) is 0 Å². The molecule has 0 bridgehead atoms. The number of carbonyl (C=O) groups is 2. The van der Waals surface area contributed by atoms with Crippen molar-refractivity contribution in [2.24, 2.45) is 0 Å². The minimum absolute atomic E-state index is 0.00747. The van der Waals surface area contributed by atoms with Crippen molar-refractivity contribution in [3.05, 3.63) is 23.5 Å². The fourth-order valence-corrected chi connectivity index (χ4v) is 1.78. The number of hydrogen-bond donors (Lipinski definition) is 2. The molecule has 1 rings (SSSR count). The van der Waals surface area contributed by atoms with Crippen LogP contribution in [0.2, 0.25) is 0 Å². The van der Waals surface area contributed by atoms with Gasteiger partial charge >= 0.3 is 5.97 Å². The molecule has 0 aliphatic rings. The second-order valence-electron chi connectivity index (χ2n) is 4.59. The van der Waals surface area contributed by atoms with Crippen molar-refractivity contribution in [2.75, 3.05) is 37.9 Å². The van der Waals surface area contributed by atoms with Crippen molar-refractivity contribution in [1.82, 2.24) is 5.32 Å². The standard InChI is InChI=1S/C14H20FN3O3/c1-4-5-17-13(19)8-18(2)12-6-9(14(20)21-3)11(16)7-10(12)15/h6-7H,4-5,8,16H2,1-3H3,(H,17,19).